The van der Waals surface area contributed by atoms with Gasteiger partial charge in [-0.15, -0.1) is 0 Å². The Morgan fingerprint density at radius 1 is 1.07 bits per heavy atom. The molecule has 0 aromatic heterocycles. The number of benzene rings is 2. The maximum Gasteiger partial charge on any atom is 0.351 e. The SMILES string of the molecule is CC(C)(Oc1ccc(Cl)cc1)C(=O)O[C@H](C(=O)NC1CC1)c1ccccc1. The summed E-state index contributed by atoms with van der Waals surface area (Å²) in [5, 5.41) is 3.47. The lowest BCUT2D eigenvalue weighted by atomic mass is 10.1. The van der Waals surface area contributed by atoms with E-state index in [2.05, 4.69) is 5.32 Å². The number of amides is 1. The highest BCUT2D eigenvalue weighted by molar-refractivity contribution is 6.30. The van der Waals surface area contributed by atoms with Gasteiger partial charge in [0.25, 0.3) is 5.91 Å². The van der Waals surface area contributed by atoms with Crippen molar-refractivity contribution in [2.24, 2.45) is 0 Å². The van der Waals surface area contributed by atoms with E-state index in [1.165, 1.54) is 0 Å². The van der Waals surface area contributed by atoms with E-state index in [-0.39, 0.29) is 11.9 Å². The minimum Gasteiger partial charge on any atom is -0.476 e. The number of ether oxygens (including phenoxy) is 2. The number of halogens is 1. The minimum absolute atomic E-state index is 0.167. The van der Waals surface area contributed by atoms with Crippen molar-refractivity contribution < 1.29 is 19.1 Å². The van der Waals surface area contributed by atoms with Gasteiger partial charge < -0.3 is 14.8 Å². The van der Waals surface area contributed by atoms with Crippen molar-refractivity contribution in [3.05, 3.63) is 65.2 Å². The molecule has 1 N–H and O–H groups in total. The summed E-state index contributed by atoms with van der Waals surface area (Å²) >= 11 is 5.87. The molecule has 2 aromatic rings. The van der Waals surface area contributed by atoms with Crippen LogP contribution in [0.4, 0.5) is 0 Å². The van der Waals surface area contributed by atoms with Gasteiger partial charge in [-0.05, 0) is 51.0 Å². The van der Waals surface area contributed by atoms with E-state index in [0.29, 0.717) is 16.3 Å². The standard InChI is InChI=1S/C21H22ClNO4/c1-21(2,27-17-12-8-15(22)9-13-17)20(25)26-18(14-6-4-3-5-7-14)19(24)23-16-10-11-16/h3-9,12-13,16,18H,10-11H2,1-2H3,(H,23,24)/t18-/m0/s1. The predicted octanol–water partition coefficient (Wildman–Crippen LogP) is 4.06. The average molecular weight is 388 g/mol. The van der Waals surface area contributed by atoms with Gasteiger partial charge >= 0.3 is 5.97 Å². The zero-order valence-electron chi connectivity index (χ0n) is 15.3. The Kier molecular flexibility index (Phi) is 5.71. The van der Waals surface area contributed by atoms with Crippen molar-refractivity contribution >= 4 is 23.5 Å². The zero-order valence-corrected chi connectivity index (χ0v) is 16.0. The van der Waals surface area contributed by atoms with Crippen LogP contribution in [0.2, 0.25) is 5.02 Å². The smallest absolute Gasteiger partial charge is 0.351 e. The molecular weight excluding hydrogens is 366 g/mol. The van der Waals surface area contributed by atoms with Crippen LogP contribution in [-0.2, 0) is 14.3 Å². The highest BCUT2D eigenvalue weighted by Crippen LogP contribution is 2.27. The Labute approximate surface area is 163 Å². The largest absolute Gasteiger partial charge is 0.476 e. The van der Waals surface area contributed by atoms with E-state index in [0.717, 1.165) is 12.8 Å². The first-order valence-electron chi connectivity index (χ1n) is 8.86. The molecule has 0 saturated heterocycles. The Balaban J connectivity index is 1.73. The summed E-state index contributed by atoms with van der Waals surface area (Å²) in [5.41, 5.74) is -0.660. The number of carbonyl (C=O) groups excluding carboxylic acids is 2. The van der Waals surface area contributed by atoms with Crippen molar-refractivity contribution in [2.45, 2.75) is 44.4 Å². The number of hydrogen-bond acceptors (Lipinski definition) is 4. The van der Waals surface area contributed by atoms with Crippen LogP contribution in [0.3, 0.4) is 0 Å². The average Bonchev–Trinajstić information content (AvgIpc) is 3.45. The van der Waals surface area contributed by atoms with E-state index in [1.54, 1.807) is 62.4 Å². The van der Waals surface area contributed by atoms with Crippen molar-refractivity contribution in [3.63, 3.8) is 0 Å². The summed E-state index contributed by atoms with van der Waals surface area (Å²) in [6.45, 7) is 3.20. The van der Waals surface area contributed by atoms with Crippen molar-refractivity contribution in [3.8, 4) is 5.75 Å². The first-order valence-corrected chi connectivity index (χ1v) is 9.24. The predicted molar refractivity (Wildman–Crippen MR) is 103 cm³/mol. The molecule has 1 aliphatic rings. The number of rotatable bonds is 7. The monoisotopic (exact) mass is 387 g/mol. The third-order valence-corrected chi connectivity index (χ3v) is 4.42. The number of nitrogens with one attached hydrogen (secondary N) is 1. The molecule has 0 bridgehead atoms. The lowest BCUT2D eigenvalue weighted by molar-refractivity contribution is -0.169. The van der Waals surface area contributed by atoms with Gasteiger partial charge in [-0.1, -0.05) is 41.9 Å². The van der Waals surface area contributed by atoms with Gasteiger partial charge in [0, 0.05) is 16.6 Å². The second-order valence-electron chi connectivity index (χ2n) is 7.05. The molecule has 1 aliphatic carbocycles. The molecule has 0 spiro atoms. The summed E-state index contributed by atoms with van der Waals surface area (Å²) in [6, 6.07) is 15.8. The normalized spacial score (nSPS) is 14.9. The first kappa shape index (κ1) is 19.2. The van der Waals surface area contributed by atoms with E-state index in [9.17, 15) is 9.59 Å². The number of carbonyl (C=O) groups is 2. The van der Waals surface area contributed by atoms with Gasteiger partial charge in [0.05, 0.1) is 0 Å². The number of hydrogen-bond donors (Lipinski definition) is 1. The topological polar surface area (TPSA) is 64.6 Å². The van der Waals surface area contributed by atoms with Crippen LogP contribution < -0.4 is 10.1 Å². The first-order chi connectivity index (χ1) is 12.8. The minimum atomic E-state index is -1.28. The van der Waals surface area contributed by atoms with E-state index >= 15 is 0 Å². The lowest BCUT2D eigenvalue weighted by Gasteiger charge is -2.27. The molecule has 2 aromatic carbocycles. The molecule has 1 fully saturated rings. The van der Waals surface area contributed by atoms with E-state index in [4.69, 9.17) is 21.1 Å². The van der Waals surface area contributed by atoms with Gasteiger partial charge in [0.1, 0.15) is 5.75 Å². The van der Waals surface area contributed by atoms with Gasteiger partial charge in [-0.2, -0.15) is 0 Å². The third-order valence-electron chi connectivity index (χ3n) is 4.17. The molecule has 142 valence electrons. The van der Waals surface area contributed by atoms with Crippen LogP contribution in [0, 0.1) is 0 Å². The Hall–Kier alpha value is -2.53. The lowest BCUT2D eigenvalue weighted by Crippen LogP contribution is -2.43. The van der Waals surface area contributed by atoms with Crippen LogP contribution in [0.1, 0.15) is 38.4 Å². The van der Waals surface area contributed by atoms with Crippen LogP contribution in [0.15, 0.2) is 54.6 Å². The fourth-order valence-electron chi connectivity index (χ4n) is 2.49. The van der Waals surface area contributed by atoms with E-state index in [1.807, 2.05) is 6.07 Å². The second kappa shape index (κ2) is 8.01. The summed E-state index contributed by atoms with van der Waals surface area (Å²) < 4.78 is 11.3. The van der Waals surface area contributed by atoms with Crippen LogP contribution in [0.25, 0.3) is 0 Å². The van der Waals surface area contributed by atoms with Crippen LogP contribution in [-0.4, -0.2) is 23.5 Å². The van der Waals surface area contributed by atoms with Crippen molar-refractivity contribution in [1.29, 1.82) is 0 Å². The molecule has 1 amide bonds. The molecule has 6 heteroatoms. The molecular formula is C21H22ClNO4. The van der Waals surface area contributed by atoms with Gasteiger partial charge in [-0.3, -0.25) is 4.79 Å². The Bertz CT molecular complexity index is 801. The molecule has 0 heterocycles. The molecule has 0 aliphatic heterocycles. The molecule has 0 radical (unpaired) electrons. The molecule has 3 rings (SSSR count). The summed E-state index contributed by atoms with van der Waals surface area (Å²) in [4.78, 5) is 25.4. The highest BCUT2D eigenvalue weighted by Gasteiger charge is 2.37. The van der Waals surface area contributed by atoms with Gasteiger partial charge in [0.15, 0.2) is 5.60 Å². The van der Waals surface area contributed by atoms with Crippen LogP contribution >= 0.6 is 11.6 Å². The van der Waals surface area contributed by atoms with Crippen LogP contribution in [0.5, 0.6) is 5.75 Å². The summed E-state index contributed by atoms with van der Waals surface area (Å²) in [7, 11) is 0. The molecule has 5 nitrogen and oxygen atoms in total. The summed E-state index contributed by atoms with van der Waals surface area (Å²) in [5.74, 6) is -0.461. The Morgan fingerprint density at radius 3 is 2.30 bits per heavy atom. The fraction of sp³-hybridized carbons (Fsp3) is 0.333. The Morgan fingerprint density at radius 2 is 1.70 bits per heavy atom. The number of esters is 1. The van der Waals surface area contributed by atoms with Gasteiger partial charge in [-0.25, -0.2) is 4.79 Å². The molecule has 1 saturated carbocycles. The zero-order chi connectivity index (χ0) is 19.4. The third kappa shape index (κ3) is 5.23. The van der Waals surface area contributed by atoms with Crippen molar-refractivity contribution in [1.82, 2.24) is 5.32 Å². The molecule has 27 heavy (non-hydrogen) atoms. The van der Waals surface area contributed by atoms with E-state index < -0.39 is 17.7 Å². The fourth-order valence-corrected chi connectivity index (χ4v) is 2.62. The molecule has 1 atom stereocenters. The maximum absolute atomic E-state index is 12.8. The maximum atomic E-state index is 12.8. The van der Waals surface area contributed by atoms with Gasteiger partial charge in [0.2, 0.25) is 6.10 Å². The molecule has 0 unspecified atom stereocenters. The second-order valence-corrected chi connectivity index (χ2v) is 7.48. The quantitative estimate of drug-likeness (QED) is 0.727. The highest BCUT2D eigenvalue weighted by atomic mass is 35.5. The summed E-state index contributed by atoms with van der Waals surface area (Å²) in [6.07, 6.45) is 0.881. The van der Waals surface area contributed by atoms with Crippen molar-refractivity contribution in [2.75, 3.05) is 0 Å².